The van der Waals surface area contributed by atoms with Crippen LogP contribution >= 0.6 is 0 Å². The fraction of sp³-hybridized carbons (Fsp3) is 0.533. The Labute approximate surface area is 114 Å². The van der Waals surface area contributed by atoms with Crippen LogP contribution in [0, 0.1) is 5.92 Å². The lowest BCUT2D eigenvalue weighted by Gasteiger charge is -2.13. The van der Waals surface area contributed by atoms with E-state index in [2.05, 4.69) is 46.4 Å². The van der Waals surface area contributed by atoms with Gasteiger partial charge in [-0.2, -0.15) is 0 Å². The molecular weight excluding hydrogens is 236 g/mol. The summed E-state index contributed by atoms with van der Waals surface area (Å²) in [6.45, 7) is 5.19. The van der Waals surface area contributed by atoms with E-state index in [9.17, 15) is 0 Å². The molecule has 2 aromatic heterocycles. The highest BCUT2D eigenvalue weighted by Gasteiger charge is 2.25. The third-order valence-corrected chi connectivity index (χ3v) is 3.91. The first-order valence-electron chi connectivity index (χ1n) is 7.07. The minimum Gasteiger partial charge on any atom is -0.348 e. The lowest BCUT2D eigenvalue weighted by atomic mass is 10.00. The van der Waals surface area contributed by atoms with E-state index in [1.807, 2.05) is 12.5 Å². The average molecular weight is 258 g/mol. The number of hydrogen-bond donors (Lipinski definition) is 1. The Morgan fingerprint density at radius 1 is 1.42 bits per heavy atom. The van der Waals surface area contributed by atoms with Crippen LogP contribution in [-0.2, 0) is 6.54 Å². The molecular formula is C15H22N4. The van der Waals surface area contributed by atoms with Gasteiger partial charge in [-0.25, -0.2) is 4.98 Å². The lowest BCUT2D eigenvalue weighted by molar-refractivity contribution is 0.513. The summed E-state index contributed by atoms with van der Waals surface area (Å²) in [5, 5.41) is 0. The molecule has 1 aliphatic carbocycles. The van der Waals surface area contributed by atoms with E-state index in [1.54, 1.807) is 0 Å². The second kappa shape index (κ2) is 4.85. The molecule has 1 atom stereocenters. The molecule has 0 aliphatic heterocycles. The highest BCUT2D eigenvalue weighted by atomic mass is 15.1. The van der Waals surface area contributed by atoms with Crippen LogP contribution in [0.1, 0.15) is 50.0 Å². The predicted octanol–water partition coefficient (Wildman–Crippen LogP) is 2.72. The Kier molecular flexibility index (Phi) is 3.19. The number of nitrogens with two attached hydrogens (primary N) is 1. The smallest absolute Gasteiger partial charge is 0.0951 e. The molecule has 0 aromatic carbocycles. The predicted molar refractivity (Wildman–Crippen MR) is 75.8 cm³/mol. The summed E-state index contributed by atoms with van der Waals surface area (Å²) in [6.07, 6.45) is 10.8. The van der Waals surface area contributed by atoms with Crippen LogP contribution in [0.4, 0.5) is 0 Å². The molecule has 1 fully saturated rings. The first-order chi connectivity index (χ1) is 9.15. The summed E-state index contributed by atoms with van der Waals surface area (Å²) in [6, 6.07) is 2.93. The summed E-state index contributed by atoms with van der Waals surface area (Å²) in [4.78, 5) is 4.27. The molecule has 0 spiro atoms. The van der Waals surface area contributed by atoms with Crippen molar-refractivity contribution in [2.75, 3.05) is 0 Å². The maximum absolute atomic E-state index is 6.18. The van der Waals surface area contributed by atoms with Gasteiger partial charge in [-0.3, -0.25) is 0 Å². The first-order valence-corrected chi connectivity index (χ1v) is 7.07. The van der Waals surface area contributed by atoms with Crippen molar-refractivity contribution < 1.29 is 0 Å². The molecule has 2 heterocycles. The molecule has 19 heavy (non-hydrogen) atoms. The van der Waals surface area contributed by atoms with E-state index in [1.165, 1.54) is 24.1 Å². The van der Waals surface area contributed by atoms with Crippen LogP contribution in [0.3, 0.4) is 0 Å². The van der Waals surface area contributed by atoms with Gasteiger partial charge in [-0.05, 0) is 30.4 Å². The zero-order valence-corrected chi connectivity index (χ0v) is 11.7. The van der Waals surface area contributed by atoms with Crippen LogP contribution < -0.4 is 5.73 Å². The normalized spacial score (nSPS) is 17.1. The zero-order valence-electron chi connectivity index (χ0n) is 11.7. The van der Waals surface area contributed by atoms with E-state index in [0.717, 1.165) is 6.54 Å². The van der Waals surface area contributed by atoms with Crippen molar-refractivity contribution in [1.82, 2.24) is 14.1 Å². The Morgan fingerprint density at radius 2 is 2.21 bits per heavy atom. The summed E-state index contributed by atoms with van der Waals surface area (Å²) in [5.41, 5.74) is 8.68. The average Bonchev–Trinajstić information content (AvgIpc) is 2.95. The number of nitrogens with zero attached hydrogens (tertiary/aromatic N) is 3. The van der Waals surface area contributed by atoms with Crippen LogP contribution in [0.5, 0.6) is 0 Å². The summed E-state index contributed by atoms with van der Waals surface area (Å²) in [5.74, 6) is 0.466. The molecule has 0 amide bonds. The standard InChI is InChI=1S/C15H22N4/c1-11(2)15(16)12-5-6-18(8-12)9-14-7-17-10-19(14)13-3-4-13/h5-8,10-11,13,15H,3-4,9,16H2,1-2H3. The van der Waals surface area contributed by atoms with Crippen molar-refractivity contribution in [3.63, 3.8) is 0 Å². The molecule has 1 aliphatic rings. The van der Waals surface area contributed by atoms with Crippen molar-refractivity contribution >= 4 is 0 Å². The van der Waals surface area contributed by atoms with E-state index in [4.69, 9.17) is 5.73 Å². The molecule has 1 saturated carbocycles. The van der Waals surface area contributed by atoms with E-state index >= 15 is 0 Å². The van der Waals surface area contributed by atoms with Crippen molar-refractivity contribution in [2.24, 2.45) is 11.7 Å². The maximum atomic E-state index is 6.18. The molecule has 3 rings (SSSR count). The second-order valence-corrected chi connectivity index (χ2v) is 5.91. The molecule has 4 heteroatoms. The Balaban J connectivity index is 1.74. The highest BCUT2D eigenvalue weighted by Crippen LogP contribution is 2.35. The summed E-state index contributed by atoms with van der Waals surface area (Å²) >= 11 is 0. The van der Waals surface area contributed by atoms with Gasteiger partial charge in [-0.15, -0.1) is 0 Å². The largest absolute Gasteiger partial charge is 0.348 e. The van der Waals surface area contributed by atoms with Crippen LogP contribution in [0.25, 0.3) is 0 Å². The van der Waals surface area contributed by atoms with Gasteiger partial charge in [0.25, 0.3) is 0 Å². The van der Waals surface area contributed by atoms with Crippen LogP contribution in [-0.4, -0.2) is 14.1 Å². The SMILES string of the molecule is CC(C)C(N)c1ccn(Cc2cncn2C2CC2)c1. The zero-order chi connectivity index (χ0) is 13.4. The summed E-state index contributed by atoms with van der Waals surface area (Å²) < 4.78 is 4.51. The van der Waals surface area contributed by atoms with Gasteiger partial charge in [0.1, 0.15) is 0 Å². The molecule has 0 radical (unpaired) electrons. The van der Waals surface area contributed by atoms with Gasteiger partial charge in [0.2, 0.25) is 0 Å². The molecule has 1 unspecified atom stereocenters. The minimum absolute atomic E-state index is 0.120. The minimum atomic E-state index is 0.120. The lowest BCUT2D eigenvalue weighted by Crippen LogP contribution is -2.16. The molecule has 2 aromatic rings. The fourth-order valence-corrected chi connectivity index (χ4v) is 2.46. The van der Waals surface area contributed by atoms with Crippen molar-refractivity contribution in [3.05, 3.63) is 42.2 Å². The monoisotopic (exact) mass is 258 g/mol. The second-order valence-electron chi connectivity index (χ2n) is 5.91. The van der Waals surface area contributed by atoms with E-state index in [0.29, 0.717) is 12.0 Å². The van der Waals surface area contributed by atoms with Crippen molar-refractivity contribution in [2.45, 2.75) is 45.3 Å². The highest BCUT2D eigenvalue weighted by molar-refractivity contribution is 5.17. The molecule has 102 valence electrons. The van der Waals surface area contributed by atoms with Crippen LogP contribution in [0.2, 0.25) is 0 Å². The third kappa shape index (κ3) is 2.59. The number of hydrogen-bond acceptors (Lipinski definition) is 2. The van der Waals surface area contributed by atoms with Gasteiger partial charge >= 0.3 is 0 Å². The quantitative estimate of drug-likeness (QED) is 0.896. The van der Waals surface area contributed by atoms with E-state index in [-0.39, 0.29) is 6.04 Å². The Bertz CT molecular complexity index is 548. The van der Waals surface area contributed by atoms with Gasteiger partial charge in [0, 0.05) is 30.7 Å². The topological polar surface area (TPSA) is 48.8 Å². The number of rotatable bonds is 5. The Hall–Kier alpha value is -1.55. The number of aromatic nitrogens is 3. The van der Waals surface area contributed by atoms with Gasteiger partial charge in [0.05, 0.1) is 18.6 Å². The van der Waals surface area contributed by atoms with Crippen molar-refractivity contribution in [1.29, 1.82) is 0 Å². The van der Waals surface area contributed by atoms with E-state index < -0.39 is 0 Å². The van der Waals surface area contributed by atoms with Gasteiger partial charge in [-0.1, -0.05) is 13.8 Å². The van der Waals surface area contributed by atoms with Gasteiger partial charge in [0.15, 0.2) is 0 Å². The first kappa shape index (κ1) is 12.5. The molecule has 0 bridgehead atoms. The maximum Gasteiger partial charge on any atom is 0.0951 e. The van der Waals surface area contributed by atoms with Crippen molar-refractivity contribution in [3.8, 4) is 0 Å². The Morgan fingerprint density at radius 3 is 2.89 bits per heavy atom. The summed E-state index contributed by atoms with van der Waals surface area (Å²) in [7, 11) is 0. The molecule has 0 saturated heterocycles. The third-order valence-electron chi connectivity index (χ3n) is 3.91. The molecule has 4 nitrogen and oxygen atoms in total. The van der Waals surface area contributed by atoms with Gasteiger partial charge < -0.3 is 14.9 Å². The fourth-order valence-electron chi connectivity index (χ4n) is 2.46. The van der Waals surface area contributed by atoms with Crippen LogP contribution in [0.15, 0.2) is 31.0 Å². The number of imidazole rings is 1. The molecule has 2 N–H and O–H groups in total.